The summed E-state index contributed by atoms with van der Waals surface area (Å²) in [4.78, 5) is 3.39. The van der Waals surface area contributed by atoms with Crippen molar-refractivity contribution >= 4 is 17.9 Å². The van der Waals surface area contributed by atoms with E-state index >= 15 is 0 Å². The predicted octanol–water partition coefficient (Wildman–Crippen LogP) is 1.55. The zero-order valence-electron chi connectivity index (χ0n) is 13.4. The van der Waals surface area contributed by atoms with Crippen LogP contribution >= 0.6 is 0 Å². The first-order valence-corrected chi connectivity index (χ1v) is 7.40. The van der Waals surface area contributed by atoms with Crippen LogP contribution in [0.3, 0.4) is 0 Å². The zero-order valence-corrected chi connectivity index (χ0v) is 13.4. The largest absolute Gasteiger partial charge is 0.489 e. The van der Waals surface area contributed by atoms with E-state index in [4.69, 9.17) is 10.5 Å². The summed E-state index contributed by atoms with van der Waals surface area (Å²) < 4.78 is 5.74. The average Bonchev–Trinajstić information content (AvgIpc) is 2.98. The summed E-state index contributed by atoms with van der Waals surface area (Å²) >= 11 is 0. The molecule has 0 unspecified atom stereocenters. The number of hydrogen-bond acceptors (Lipinski definition) is 7. The lowest BCUT2D eigenvalue weighted by Crippen LogP contribution is -2.21. The molecular formula is C15H21N7O. The van der Waals surface area contributed by atoms with E-state index in [2.05, 4.69) is 46.0 Å². The standard InChI is InChI=1S/C15H21N7O/c1-4-9-23-14-10-13(21(5-2)6-3)8-7-12(14)11-17-22-15(16)18-19-20-22/h4,7-8,10-11H,1,5-6,9H2,2-3H3,(H2,16,18,20)/b17-11-. The molecule has 0 atom stereocenters. The molecule has 0 spiro atoms. The van der Waals surface area contributed by atoms with Gasteiger partial charge in [0.25, 0.3) is 5.95 Å². The summed E-state index contributed by atoms with van der Waals surface area (Å²) in [5.74, 6) is 0.833. The third-order valence-electron chi connectivity index (χ3n) is 3.27. The lowest BCUT2D eigenvalue weighted by molar-refractivity contribution is 0.362. The second kappa shape index (κ2) is 7.92. The fourth-order valence-corrected chi connectivity index (χ4v) is 2.08. The third kappa shape index (κ3) is 4.06. The number of benzene rings is 1. The number of hydrogen-bond donors (Lipinski definition) is 1. The number of tetrazole rings is 1. The van der Waals surface area contributed by atoms with E-state index in [1.165, 1.54) is 0 Å². The Morgan fingerprint density at radius 3 is 2.78 bits per heavy atom. The minimum Gasteiger partial charge on any atom is -0.489 e. The third-order valence-corrected chi connectivity index (χ3v) is 3.27. The Morgan fingerprint density at radius 2 is 2.17 bits per heavy atom. The summed E-state index contributed by atoms with van der Waals surface area (Å²) in [7, 11) is 0. The number of nitrogen functional groups attached to an aromatic ring is 1. The number of nitrogens with two attached hydrogens (primary N) is 1. The predicted molar refractivity (Wildman–Crippen MR) is 90.9 cm³/mol. The van der Waals surface area contributed by atoms with Crippen LogP contribution in [0.2, 0.25) is 0 Å². The first-order valence-electron chi connectivity index (χ1n) is 7.40. The Labute approximate surface area is 135 Å². The molecule has 2 N–H and O–H groups in total. The van der Waals surface area contributed by atoms with Crippen molar-refractivity contribution in [2.45, 2.75) is 13.8 Å². The molecule has 8 nitrogen and oxygen atoms in total. The zero-order chi connectivity index (χ0) is 16.7. The van der Waals surface area contributed by atoms with Gasteiger partial charge in [-0.2, -0.15) is 5.10 Å². The fourth-order valence-electron chi connectivity index (χ4n) is 2.08. The Hall–Kier alpha value is -2.90. The molecule has 0 amide bonds. The number of anilines is 2. The molecule has 1 heterocycles. The number of ether oxygens (including phenoxy) is 1. The molecule has 122 valence electrons. The van der Waals surface area contributed by atoms with Gasteiger partial charge in [-0.15, -0.1) is 0 Å². The van der Waals surface area contributed by atoms with Crippen molar-refractivity contribution < 1.29 is 4.74 Å². The van der Waals surface area contributed by atoms with Gasteiger partial charge in [-0.3, -0.25) is 0 Å². The van der Waals surface area contributed by atoms with Crippen LogP contribution in [-0.2, 0) is 0 Å². The van der Waals surface area contributed by atoms with E-state index in [1.54, 1.807) is 12.3 Å². The fraction of sp³-hybridized carbons (Fsp3) is 0.333. The van der Waals surface area contributed by atoms with Crippen LogP contribution in [0.1, 0.15) is 19.4 Å². The van der Waals surface area contributed by atoms with E-state index in [9.17, 15) is 0 Å². The molecule has 0 aliphatic heterocycles. The molecule has 0 radical (unpaired) electrons. The molecule has 0 aliphatic rings. The molecule has 0 aliphatic carbocycles. The minimum atomic E-state index is 0.120. The normalized spacial score (nSPS) is 10.9. The van der Waals surface area contributed by atoms with Gasteiger partial charge in [-0.1, -0.05) is 22.5 Å². The van der Waals surface area contributed by atoms with Gasteiger partial charge in [0.1, 0.15) is 12.4 Å². The van der Waals surface area contributed by atoms with Gasteiger partial charge in [0, 0.05) is 30.4 Å². The van der Waals surface area contributed by atoms with E-state index in [0.29, 0.717) is 12.4 Å². The van der Waals surface area contributed by atoms with Crippen molar-refractivity contribution in [3.63, 3.8) is 0 Å². The van der Waals surface area contributed by atoms with Crippen LogP contribution in [-0.4, -0.2) is 46.2 Å². The molecule has 0 saturated heterocycles. The van der Waals surface area contributed by atoms with Gasteiger partial charge in [-0.05, 0) is 36.4 Å². The smallest absolute Gasteiger partial charge is 0.263 e. The monoisotopic (exact) mass is 315 g/mol. The highest BCUT2D eigenvalue weighted by atomic mass is 16.5. The number of rotatable bonds is 8. The summed E-state index contributed by atoms with van der Waals surface area (Å²) in [5.41, 5.74) is 7.48. The number of nitrogens with zero attached hydrogens (tertiary/aromatic N) is 6. The second-order valence-electron chi connectivity index (χ2n) is 4.67. The quantitative estimate of drug-likeness (QED) is 0.586. The highest BCUT2D eigenvalue weighted by molar-refractivity contribution is 5.84. The first-order chi connectivity index (χ1) is 11.2. The first kappa shape index (κ1) is 16.5. The van der Waals surface area contributed by atoms with Crippen molar-refractivity contribution in [2.75, 3.05) is 30.3 Å². The molecule has 1 aromatic heterocycles. The van der Waals surface area contributed by atoms with Crippen LogP contribution in [0.5, 0.6) is 5.75 Å². The molecule has 0 bridgehead atoms. The summed E-state index contributed by atoms with van der Waals surface area (Å²) in [5, 5.41) is 14.8. The maximum Gasteiger partial charge on any atom is 0.263 e. The van der Waals surface area contributed by atoms with Crippen LogP contribution in [0.25, 0.3) is 0 Å². The van der Waals surface area contributed by atoms with Crippen LogP contribution < -0.4 is 15.4 Å². The van der Waals surface area contributed by atoms with Crippen molar-refractivity contribution in [2.24, 2.45) is 5.10 Å². The van der Waals surface area contributed by atoms with Crippen LogP contribution in [0.4, 0.5) is 11.6 Å². The van der Waals surface area contributed by atoms with Crippen molar-refractivity contribution in [3.05, 3.63) is 36.4 Å². The molecule has 1 aromatic carbocycles. The van der Waals surface area contributed by atoms with Crippen molar-refractivity contribution in [3.8, 4) is 5.75 Å². The molecule has 0 saturated carbocycles. The van der Waals surface area contributed by atoms with E-state index in [1.807, 2.05) is 18.2 Å². The second-order valence-corrected chi connectivity index (χ2v) is 4.67. The summed E-state index contributed by atoms with van der Waals surface area (Å²) in [6.45, 7) is 10.2. The van der Waals surface area contributed by atoms with Crippen molar-refractivity contribution in [1.29, 1.82) is 0 Å². The molecule has 8 heteroatoms. The highest BCUT2D eigenvalue weighted by Crippen LogP contribution is 2.25. The van der Waals surface area contributed by atoms with Gasteiger partial charge >= 0.3 is 0 Å². The Kier molecular flexibility index (Phi) is 5.67. The van der Waals surface area contributed by atoms with E-state index < -0.39 is 0 Å². The van der Waals surface area contributed by atoms with Gasteiger partial charge in [-0.25, -0.2) is 0 Å². The minimum absolute atomic E-state index is 0.120. The molecular weight excluding hydrogens is 294 g/mol. The van der Waals surface area contributed by atoms with Gasteiger partial charge in [0.05, 0.1) is 6.21 Å². The van der Waals surface area contributed by atoms with E-state index in [0.717, 1.165) is 29.1 Å². The molecule has 2 rings (SSSR count). The topological polar surface area (TPSA) is 94.5 Å². The SMILES string of the molecule is C=CCOc1cc(N(CC)CC)ccc1/C=N\n1nnnc1N. The summed E-state index contributed by atoms with van der Waals surface area (Å²) in [6.07, 6.45) is 3.31. The Balaban J connectivity index is 2.31. The molecule has 0 fully saturated rings. The maximum absolute atomic E-state index is 5.74. The van der Waals surface area contributed by atoms with E-state index in [-0.39, 0.29) is 5.95 Å². The highest BCUT2D eigenvalue weighted by Gasteiger charge is 2.08. The van der Waals surface area contributed by atoms with Gasteiger partial charge in [0.2, 0.25) is 0 Å². The van der Waals surface area contributed by atoms with Crippen LogP contribution in [0, 0.1) is 0 Å². The van der Waals surface area contributed by atoms with Gasteiger partial charge < -0.3 is 15.4 Å². The molecule has 2 aromatic rings. The Bertz CT molecular complexity index is 676. The lowest BCUT2D eigenvalue weighted by Gasteiger charge is -2.22. The van der Waals surface area contributed by atoms with Crippen molar-refractivity contribution in [1.82, 2.24) is 20.3 Å². The number of aromatic nitrogens is 4. The summed E-state index contributed by atoms with van der Waals surface area (Å²) in [6, 6.07) is 5.95. The molecule has 23 heavy (non-hydrogen) atoms. The average molecular weight is 315 g/mol. The Morgan fingerprint density at radius 1 is 1.39 bits per heavy atom. The lowest BCUT2D eigenvalue weighted by atomic mass is 10.2. The van der Waals surface area contributed by atoms with Gasteiger partial charge in [0.15, 0.2) is 0 Å². The maximum atomic E-state index is 5.74. The van der Waals surface area contributed by atoms with Crippen LogP contribution in [0.15, 0.2) is 36.0 Å².